The number of aromatic amines is 1. The van der Waals surface area contributed by atoms with Gasteiger partial charge in [0.25, 0.3) is 0 Å². The van der Waals surface area contributed by atoms with Gasteiger partial charge in [-0.25, -0.2) is 4.79 Å². The van der Waals surface area contributed by atoms with Gasteiger partial charge in [0.05, 0.1) is 14.2 Å². The van der Waals surface area contributed by atoms with E-state index in [1.807, 2.05) is 55.5 Å². The summed E-state index contributed by atoms with van der Waals surface area (Å²) >= 11 is 0. The van der Waals surface area contributed by atoms with Crippen LogP contribution in [0, 0.1) is 0 Å². The van der Waals surface area contributed by atoms with E-state index in [9.17, 15) is 9.90 Å². The average Bonchev–Trinajstić information content (AvgIpc) is 3.21. The highest BCUT2D eigenvalue weighted by molar-refractivity contribution is 5.56. The Morgan fingerprint density at radius 1 is 0.842 bits per heavy atom. The second-order valence-corrected chi connectivity index (χ2v) is 8.47. The molecular formula is C26H32N8O4. The molecule has 2 aromatic carbocycles. The van der Waals surface area contributed by atoms with E-state index < -0.39 is 5.69 Å². The summed E-state index contributed by atoms with van der Waals surface area (Å²) in [6.45, 7) is 3.33. The van der Waals surface area contributed by atoms with Crippen molar-refractivity contribution in [1.82, 2.24) is 24.5 Å². The van der Waals surface area contributed by atoms with Crippen molar-refractivity contribution in [2.75, 3.05) is 30.2 Å². The number of ether oxygens (including phenoxy) is 2. The maximum absolute atomic E-state index is 12.3. The van der Waals surface area contributed by atoms with E-state index in [4.69, 9.17) is 9.47 Å². The van der Waals surface area contributed by atoms with Crippen molar-refractivity contribution in [3.63, 3.8) is 0 Å². The molecule has 2 heterocycles. The monoisotopic (exact) mass is 520 g/mol. The number of aromatic hydroxyl groups is 1. The van der Waals surface area contributed by atoms with Crippen LogP contribution >= 0.6 is 0 Å². The first-order valence-electron chi connectivity index (χ1n) is 12.3. The van der Waals surface area contributed by atoms with E-state index in [1.165, 1.54) is 4.57 Å². The lowest BCUT2D eigenvalue weighted by Crippen LogP contribution is -2.16. The predicted molar refractivity (Wildman–Crippen MR) is 145 cm³/mol. The lowest BCUT2D eigenvalue weighted by atomic mass is 10.2. The maximum atomic E-state index is 12.3. The number of unbranched alkanes of at least 4 members (excludes halogenated alkanes) is 1. The van der Waals surface area contributed by atoms with Gasteiger partial charge in [0, 0.05) is 19.6 Å². The molecule has 0 unspecified atom stereocenters. The molecule has 200 valence electrons. The molecule has 0 fully saturated rings. The maximum Gasteiger partial charge on any atom is 0.330 e. The van der Waals surface area contributed by atoms with Gasteiger partial charge in [-0.05, 0) is 41.8 Å². The summed E-state index contributed by atoms with van der Waals surface area (Å²) in [5.74, 6) is 2.21. The quantitative estimate of drug-likeness (QED) is 0.176. The fourth-order valence-corrected chi connectivity index (χ4v) is 3.62. The number of hydrogen-bond donors (Lipinski definition) is 5. The first kappa shape index (κ1) is 26.3. The Labute approximate surface area is 220 Å². The topological polar surface area (TPSA) is 151 Å². The van der Waals surface area contributed by atoms with Gasteiger partial charge in [0.15, 0.2) is 5.82 Å². The van der Waals surface area contributed by atoms with E-state index in [0.29, 0.717) is 31.5 Å². The number of anilines is 4. The second kappa shape index (κ2) is 12.5. The van der Waals surface area contributed by atoms with Crippen LogP contribution in [0.15, 0.2) is 53.3 Å². The summed E-state index contributed by atoms with van der Waals surface area (Å²) in [5.41, 5.74) is 1.59. The Balaban J connectivity index is 1.55. The Kier molecular flexibility index (Phi) is 8.65. The van der Waals surface area contributed by atoms with E-state index in [1.54, 1.807) is 14.2 Å². The standard InChI is InChI=1S/C26H32N8O4/c1-4-5-14-34-22(35)21(30-26(34)36)29-25-32-23(27-15-17-6-10-19(37-2)11-7-17)31-24(33-25)28-16-18-8-12-20(38-3)13-9-18/h6-13,35H,4-5,14-16H2,1-3H3,(H,30,36)(H3,27,28,29,31,32,33). The van der Waals surface area contributed by atoms with Gasteiger partial charge in [0.2, 0.25) is 23.7 Å². The van der Waals surface area contributed by atoms with Crippen LogP contribution in [0.5, 0.6) is 17.4 Å². The normalized spacial score (nSPS) is 10.7. The Hall–Kier alpha value is -4.74. The average molecular weight is 521 g/mol. The molecule has 38 heavy (non-hydrogen) atoms. The second-order valence-electron chi connectivity index (χ2n) is 8.47. The van der Waals surface area contributed by atoms with E-state index in [2.05, 4.69) is 35.9 Å². The van der Waals surface area contributed by atoms with Gasteiger partial charge in [-0.1, -0.05) is 37.6 Å². The fourth-order valence-electron chi connectivity index (χ4n) is 3.62. The third-order valence-electron chi connectivity index (χ3n) is 5.78. The van der Waals surface area contributed by atoms with Crippen molar-refractivity contribution in [3.05, 3.63) is 70.1 Å². The van der Waals surface area contributed by atoms with Crippen molar-refractivity contribution in [2.24, 2.45) is 0 Å². The first-order chi connectivity index (χ1) is 18.5. The minimum absolute atomic E-state index is 0.111. The molecule has 12 nitrogen and oxygen atoms in total. The number of imidazole rings is 1. The number of benzene rings is 2. The molecule has 0 radical (unpaired) electrons. The number of aromatic nitrogens is 5. The smallest absolute Gasteiger partial charge is 0.330 e. The summed E-state index contributed by atoms with van der Waals surface area (Å²) < 4.78 is 11.7. The molecule has 4 aromatic rings. The van der Waals surface area contributed by atoms with Crippen LogP contribution in [0.3, 0.4) is 0 Å². The summed E-state index contributed by atoms with van der Waals surface area (Å²) in [6.07, 6.45) is 1.65. The van der Waals surface area contributed by atoms with Gasteiger partial charge in [-0.3, -0.25) is 9.55 Å². The number of H-pyrrole nitrogens is 1. The first-order valence-corrected chi connectivity index (χ1v) is 12.3. The van der Waals surface area contributed by atoms with Crippen LogP contribution in [0.2, 0.25) is 0 Å². The number of nitrogens with zero attached hydrogens (tertiary/aromatic N) is 4. The van der Waals surface area contributed by atoms with Crippen LogP contribution in [0.4, 0.5) is 23.7 Å². The summed E-state index contributed by atoms with van der Waals surface area (Å²) in [5, 5.41) is 19.9. The Morgan fingerprint density at radius 2 is 1.34 bits per heavy atom. The van der Waals surface area contributed by atoms with Crippen LogP contribution in [0.1, 0.15) is 30.9 Å². The van der Waals surface area contributed by atoms with Crippen molar-refractivity contribution in [1.29, 1.82) is 0 Å². The number of hydrogen-bond acceptors (Lipinski definition) is 10. The highest BCUT2D eigenvalue weighted by Gasteiger charge is 2.15. The molecule has 5 N–H and O–H groups in total. The third kappa shape index (κ3) is 6.72. The molecule has 2 aromatic heterocycles. The van der Waals surface area contributed by atoms with Gasteiger partial charge in [-0.2, -0.15) is 15.0 Å². The fraction of sp³-hybridized carbons (Fsp3) is 0.308. The van der Waals surface area contributed by atoms with Crippen molar-refractivity contribution in [3.8, 4) is 17.4 Å². The zero-order chi connectivity index (χ0) is 26.9. The Bertz CT molecular complexity index is 1310. The molecule has 0 saturated heterocycles. The van der Waals surface area contributed by atoms with Crippen molar-refractivity contribution >= 4 is 23.7 Å². The van der Waals surface area contributed by atoms with Gasteiger partial charge in [0.1, 0.15) is 11.5 Å². The van der Waals surface area contributed by atoms with Crippen LogP contribution in [-0.4, -0.2) is 43.8 Å². The van der Waals surface area contributed by atoms with E-state index in [-0.39, 0.29) is 17.6 Å². The van der Waals surface area contributed by atoms with Gasteiger partial charge >= 0.3 is 5.69 Å². The SMILES string of the molecule is CCCCn1c(O)c(Nc2nc(NCc3ccc(OC)cc3)nc(NCc3ccc(OC)cc3)n2)[nH]c1=O. The Morgan fingerprint density at radius 3 is 1.82 bits per heavy atom. The largest absolute Gasteiger partial charge is 0.497 e. The molecule has 4 rings (SSSR count). The molecule has 0 aliphatic heterocycles. The molecular weight excluding hydrogens is 488 g/mol. The van der Waals surface area contributed by atoms with Gasteiger partial charge < -0.3 is 30.5 Å². The highest BCUT2D eigenvalue weighted by Crippen LogP contribution is 2.23. The lowest BCUT2D eigenvalue weighted by molar-refractivity contribution is 0.410. The van der Waals surface area contributed by atoms with Crippen LogP contribution in [-0.2, 0) is 19.6 Å². The minimum atomic E-state index is -0.414. The van der Waals surface area contributed by atoms with Crippen molar-refractivity contribution in [2.45, 2.75) is 39.4 Å². The molecule has 0 spiro atoms. The predicted octanol–water partition coefficient (Wildman–Crippen LogP) is 3.85. The van der Waals surface area contributed by atoms with E-state index >= 15 is 0 Å². The number of rotatable bonds is 13. The van der Waals surface area contributed by atoms with Crippen LogP contribution in [0.25, 0.3) is 0 Å². The molecule has 0 aliphatic carbocycles. The number of nitrogens with one attached hydrogen (secondary N) is 4. The van der Waals surface area contributed by atoms with Gasteiger partial charge in [-0.15, -0.1) is 0 Å². The minimum Gasteiger partial charge on any atom is -0.497 e. The number of methoxy groups -OCH3 is 2. The summed E-state index contributed by atoms with van der Waals surface area (Å²) in [7, 11) is 3.24. The van der Waals surface area contributed by atoms with Crippen molar-refractivity contribution < 1.29 is 14.6 Å². The summed E-state index contributed by atoms with van der Waals surface area (Å²) in [6, 6.07) is 15.3. The molecule has 0 atom stereocenters. The third-order valence-corrected chi connectivity index (χ3v) is 5.78. The molecule has 0 bridgehead atoms. The lowest BCUT2D eigenvalue weighted by Gasteiger charge is -2.12. The zero-order valence-corrected chi connectivity index (χ0v) is 21.6. The molecule has 0 saturated carbocycles. The zero-order valence-electron chi connectivity index (χ0n) is 21.6. The van der Waals surface area contributed by atoms with E-state index in [0.717, 1.165) is 35.5 Å². The summed E-state index contributed by atoms with van der Waals surface area (Å²) in [4.78, 5) is 28.3. The molecule has 0 amide bonds. The van der Waals surface area contributed by atoms with Crippen LogP contribution < -0.4 is 31.1 Å². The molecule has 0 aliphatic rings. The highest BCUT2D eigenvalue weighted by atomic mass is 16.5. The molecule has 12 heteroatoms.